The van der Waals surface area contributed by atoms with Gasteiger partial charge in [0.05, 0.1) is 47.3 Å². The summed E-state index contributed by atoms with van der Waals surface area (Å²) in [5.74, 6) is 3.78. The molecule has 0 saturated carbocycles. The molecule has 35 heavy (non-hydrogen) atoms. The van der Waals surface area contributed by atoms with E-state index in [0.29, 0.717) is 35.2 Å². The SMILES string of the molecule is COc1cccc(C2=NN3[C@@H](c4cc(OC)c(OC)c(OC)c4)Oc4c(OC)cccc4[C@@H]3C2)c1. The zero-order chi connectivity index (χ0) is 24.5. The number of methoxy groups -OCH3 is 5. The third kappa shape index (κ3) is 3.84. The molecular weight excluding hydrogens is 448 g/mol. The number of nitrogens with zero attached hydrogens (tertiary/aromatic N) is 2. The summed E-state index contributed by atoms with van der Waals surface area (Å²) in [5.41, 5.74) is 3.80. The number of fused-ring (bicyclic) bond motifs is 3. The van der Waals surface area contributed by atoms with Gasteiger partial charge in [0, 0.05) is 23.1 Å². The molecule has 0 saturated heterocycles. The van der Waals surface area contributed by atoms with E-state index in [4.69, 9.17) is 33.5 Å². The minimum Gasteiger partial charge on any atom is -0.497 e. The lowest BCUT2D eigenvalue weighted by Gasteiger charge is -2.38. The Kier molecular flexibility index (Phi) is 6.03. The van der Waals surface area contributed by atoms with Gasteiger partial charge in [-0.3, -0.25) is 0 Å². The summed E-state index contributed by atoms with van der Waals surface area (Å²) in [6.45, 7) is 0. The molecule has 0 aromatic heterocycles. The number of hydrogen-bond acceptors (Lipinski definition) is 8. The van der Waals surface area contributed by atoms with E-state index < -0.39 is 6.23 Å². The zero-order valence-corrected chi connectivity index (χ0v) is 20.4. The topological polar surface area (TPSA) is 71.0 Å². The molecule has 0 bridgehead atoms. The van der Waals surface area contributed by atoms with Crippen molar-refractivity contribution in [2.24, 2.45) is 5.10 Å². The van der Waals surface area contributed by atoms with Gasteiger partial charge in [-0.05, 0) is 30.3 Å². The molecule has 0 amide bonds. The highest BCUT2D eigenvalue weighted by Gasteiger charge is 2.42. The number of para-hydroxylation sites is 1. The number of ether oxygens (including phenoxy) is 6. The molecule has 2 aliphatic heterocycles. The highest BCUT2D eigenvalue weighted by atomic mass is 16.5. The van der Waals surface area contributed by atoms with E-state index in [1.54, 1.807) is 35.5 Å². The Bertz CT molecular complexity index is 1250. The number of benzene rings is 3. The maximum Gasteiger partial charge on any atom is 0.214 e. The second-order valence-corrected chi connectivity index (χ2v) is 8.19. The average molecular weight is 477 g/mol. The first-order valence-electron chi connectivity index (χ1n) is 11.3. The largest absolute Gasteiger partial charge is 0.497 e. The number of rotatable bonds is 7. The quantitative estimate of drug-likeness (QED) is 0.477. The smallest absolute Gasteiger partial charge is 0.214 e. The van der Waals surface area contributed by atoms with Gasteiger partial charge < -0.3 is 28.4 Å². The molecule has 5 rings (SSSR count). The third-order valence-electron chi connectivity index (χ3n) is 6.38. The van der Waals surface area contributed by atoms with E-state index in [1.807, 2.05) is 53.5 Å². The Balaban J connectivity index is 1.65. The summed E-state index contributed by atoms with van der Waals surface area (Å²) in [7, 11) is 8.08. The zero-order valence-electron chi connectivity index (χ0n) is 20.4. The fourth-order valence-electron chi connectivity index (χ4n) is 4.69. The second-order valence-electron chi connectivity index (χ2n) is 8.19. The van der Waals surface area contributed by atoms with Gasteiger partial charge in [0.25, 0.3) is 0 Å². The summed E-state index contributed by atoms with van der Waals surface area (Å²) in [5, 5.41) is 7.03. The molecule has 0 fully saturated rings. The Labute approximate surface area is 204 Å². The Morgan fingerprint density at radius 3 is 2.17 bits per heavy atom. The van der Waals surface area contributed by atoms with Crippen molar-refractivity contribution in [2.45, 2.75) is 18.7 Å². The first-order valence-corrected chi connectivity index (χ1v) is 11.3. The predicted molar refractivity (Wildman–Crippen MR) is 131 cm³/mol. The first kappa shape index (κ1) is 22.7. The van der Waals surface area contributed by atoms with Crippen LogP contribution in [0.1, 0.15) is 35.4 Å². The van der Waals surface area contributed by atoms with Gasteiger partial charge in [-0.2, -0.15) is 5.10 Å². The van der Waals surface area contributed by atoms with Crippen molar-refractivity contribution in [3.63, 3.8) is 0 Å². The van der Waals surface area contributed by atoms with Gasteiger partial charge in [-0.15, -0.1) is 0 Å². The maximum atomic E-state index is 6.57. The van der Waals surface area contributed by atoms with Crippen molar-refractivity contribution in [1.82, 2.24) is 5.01 Å². The van der Waals surface area contributed by atoms with E-state index in [1.165, 1.54) is 0 Å². The summed E-state index contributed by atoms with van der Waals surface area (Å²) < 4.78 is 34.4. The molecule has 0 N–H and O–H groups in total. The Morgan fingerprint density at radius 2 is 1.51 bits per heavy atom. The average Bonchev–Trinajstić information content (AvgIpc) is 3.37. The van der Waals surface area contributed by atoms with E-state index in [0.717, 1.165) is 28.2 Å². The van der Waals surface area contributed by atoms with Crippen LogP contribution in [0.5, 0.6) is 34.5 Å². The lowest BCUT2D eigenvalue weighted by atomic mass is 9.95. The lowest BCUT2D eigenvalue weighted by Crippen LogP contribution is -2.34. The summed E-state index contributed by atoms with van der Waals surface area (Å²) in [6, 6.07) is 17.6. The second kappa shape index (κ2) is 9.29. The van der Waals surface area contributed by atoms with Crippen molar-refractivity contribution >= 4 is 5.71 Å². The number of hydrogen-bond donors (Lipinski definition) is 0. The van der Waals surface area contributed by atoms with Crippen LogP contribution in [-0.4, -0.2) is 46.3 Å². The predicted octanol–water partition coefficient (Wildman–Crippen LogP) is 4.97. The lowest BCUT2D eigenvalue weighted by molar-refractivity contribution is -0.0211. The molecule has 3 aromatic rings. The molecule has 0 radical (unpaired) electrons. The normalized spacial score (nSPS) is 18.1. The molecule has 8 heteroatoms. The van der Waals surface area contributed by atoms with Crippen molar-refractivity contribution in [3.05, 3.63) is 71.3 Å². The van der Waals surface area contributed by atoms with Crippen LogP contribution < -0.4 is 28.4 Å². The fourth-order valence-corrected chi connectivity index (χ4v) is 4.69. The summed E-state index contributed by atoms with van der Waals surface area (Å²) >= 11 is 0. The van der Waals surface area contributed by atoms with E-state index in [9.17, 15) is 0 Å². The standard InChI is InChI=1S/C27H28N2O6/c1-30-18-9-6-8-16(12-18)20-15-21-19-10-7-11-22(31-2)25(19)35-27(29(21)28-20)17-13-23(32-3)26(34-5)24(14-17)33-4/h6-14,21,27H,15H2,1-5H3/t21-,27+/m0/s1. The van der Waals surface area contributed by atoms with Crippen LogP contribution in [0, 0.1) is 0 Å². The highest BCUT2D eigenvalue weighted by Crippen LogP contribution is 2.52. The van der Waals surface area contributed by atoms with Crippen molar-refractivity contribution < 1.29 is 28.4 Å². The molecule has 0 unspecified atom stereocenters. The van der Waals surface area contributed by atoms with E-state index in [2.05, 4.69) is 6.07 Å². The van der Waals surface area contributed by atoms with Gasteiger partial charge in [0.15, 0.2) is 23.0 Å². The Morgan fingerprint density at radius 1 is 0.800 bits per heavy atom. The van der Waals surface area contributed by atoms with Crippen molar-refractivity contribution in [1.29, 1.82) is 0 Å². The van der Waals surface area contributed by atoms with Gasteiger partial charge >= 0.3 is 0 Å². The van der Waals surface area contributed by atoms with Crippen LogP contribution in [0.3, 0.4) is 0 Å². The van der Waals surface area contributed by atoms with Crippen molar-refractivity contribution in [3.8, 4) is 34.5 Å². The molecule has 3 aromatic carbocycles. The molecule has 2 aliphatic rings. The van der Waals surface area contributed by atoms with Gasteiger partial charge in [-0.25, -0.2) is 5.01 Å². The van der Waals surface area contributed by atoms with Crippen LogP contribution in [0.2, 0.25) is 0 Å². The van der Waals surface area contributed by atoms with Crippen LogP contribution >= 0.6 is 0 Å². The van der Waals surface area contributed by atoms with Crippen LogP contribution in [0.15, 0.2) is 59.7 Å². The van der Waals surface area contributed by atoms with Crippen LogP contribution in [0.25, 0.3) is 0 Å². The van der Waals surface area contributed by atoms with Crippen LogP contribution in [-0.2, 0) is 0 Å². The van der Waals surface area contributed by atoms with E-state index >= 15 is 0 Å². The van der Waals surface area contributed by atoms with Crippen molar-refractivity contribution in [2.75, 3.05) is 35.5 Å². The minimum atomic E-state index is -0.541. The van der Waals surface area contributed by atoms with Gasteiger partial charge in [-0.1, -0.05) is 24.3 Å². The van der Waals surface area contributed by atoms with Gasteiger partial charge in [0.2, 0.25) is 12.0 Å². The monoisotopic (exact) mass is 476 g/mol. The molecule has 2 heterocycles. The summed E-state index contributed by atoms with van der Waals surface area (Å²) in [6.07, 6.45) is 0.165. The minimum absolute atomic E-state index is 0.0425. The summed E-state index contributed by atoms with van der Waals surface area (Å²) in [4.78, 5) is 0. The highest BCUT2D eigenvalue weighted by molar-refractivity contribution is 6.02. The molecule has 0 aliphatic carbocycles. The van der Waals surface area contributed by atoms with Gasteiger partial charge in [0.1, 0.15) is 5.75 Å². The molecule has 0 spiro atoms. The molecular formula is C27H28N2O6. The van der Waals surface area contributed by atoms with E-state index in [-0.39, 0.29) is 6.04 Å². The number of hydrazone groups is 1. The maximum absolute atomic E-state index is 6.57. The fraction of sp³-hybridized carbons (Fsp3) is 0.296. The first-order chi connectivity index (χ1) is 17.1. The Hall–Kier alpha value is -4.07. The third-order valence-corrected chi connectivity index (χ3v) is 6.38. The van der Waals surface area contributed by atoms with Crippen LogP contribution in [0.4, 0.5) is 0 Å². The molecule has 182 valence electrons. The molecule has 2 atom stereocenters. The molecule has 8 nitrogen and oxygen atoms in total.